The van der Waals surface area contributed by atoms with Crippen molar-refractivity contribution in [2.75, 3.05) is 20.1 Å². The zero-order valence-electron chi connectivity index (χ0n) is 11.0. The van der Waals surface area contributed by atoms with Crippen LogP contribution in [0.3, 0.4) is 0 Å². The van der Waals surface area contributed by atoms with Crippen molar-refractivity contribution in [2.24, 2.45) is 5.73 Å². The summed E-state index contributed by atoms with van der Waals surface area (Å²) in [5.41, 5.74) is 5.78. The van der Waals surface area contributed by atoms with Crippen molar-refractivity contribution in [1.29, 1.82) is 0 Å². The van der Waals surface area contributed by atoms with E-state index in [0.717, 1.165) is 4.31 Å². The number of sulfonamides is 1. The number of likely N-dealkylation sites (N-methyl/N-ethyl adjacent to an activating group) is 2. The lowest BCUT2D eigenvalue weighted by Gasteiger charge is -2.20. The number of nitrogens with two attached hydrogens (primary N) is 1. The minimum atomic E-state index is -3.77. The molecule has 0 radical (unpaired) electrons. The second-order valence-corrected chi connectivity index (χ2v) is 5.66. The predicted octanol–water partition coefficient (Wildman–Crippen LogP) is -0.703. The molecule has 0 saturated heterocycles. The first kappa shape index (κ1) is 15.5. The molecule has 0 aliphatic carbocycles. The monoisotopic (exact) mass is 286 g/mol. The summed E-state index contributed by atoms with van der Waals surface area (Å²) in [6, 6.07) is 2.97. The highest BCUT2D eigenvalue weighted by molar-refractivity contribution is 7.89. The molecule has 1 amide bonds. The Kier molecular flexibility index (Phi) is 5.40. The smallest absolute Gasteiger partial charge is 0.245 e. The largest absolute Gasteiger partial charge is 0.358 e. The Morgan fingerprint density at radius 1 is 1.53 bits per heavy atom. The minimum absolute atomic E-state index is 0.0208. The van der Waals surface area contributed by atoms with Crippen molar-refractivity contribution in [3.63, 3.8) is 0 Å². The third-order valence-corrected chi connectivity index (χ3v) is 4.61. The van der Waals surface area contributed by atoms with Crippen LogP contribution in [0, 0.1) is 0 Å². The maximum atomic E-state index is 12.4. The highest BCUT2D eigenvalue weighted by Gasteiger charge is 2.27. The average Bonchev–Trinajstić information content (AvgIpc) is 2.43. The molecule has 0 atom stereocenters. The van der Waals surface area contributed by atoms with Crippen molar-refractivity contribution in [3.8, 4) is 0 Å². The maximum absolute atomic E-state index is 12.4. The number of nitrogens with one attached hydrogen (secondary N) is 1. The number of rotatable bonds is 6. The van der Waals surface area contributed by atoms with Crippen LogP contribution in [0.5, 0.6) is 0 Å². The summed E-state index contributed by atoms with van der Waals surface area (Å²) in [5, 5.41) is 2.40. The van der Waals surface area contributed by atoms with Crippen LogP contribution in [0.25, 0.3) is 0 Å². The highest BCUT2D eigenvalue weighted by Crippen LogP contribution is 2.17. The van der Waals surface area contributed by atoms with Crippen LogP contribution in [-0.4, -0.2) is 43.8 Å². The Bertz CT molecular complexity index is 545. The van der Waals surface area contributed by atoms with E-state index in [-0.39, 0.29) is 36.1 Å². The molecule has 0 aromatic carbocycles. The number of carbonyl (C=O) groups is 1. The first-order chi connectivity index (χ1) is 8.97. The third kappa shape index (κ3) is 3.49. The van der Waals surface area contributed by atoms with Gasteiger partial charge in [-0.15, -0.1) is 0 Å². The van der Waals surface area contributed by atoms with Crippen molar-refractivity contribution in [1.82, 2.24) is 14.6 Å². The van der Waals surface area contributed by atoms with Crippen molar-refractivity contribution in [2.45, 2.75) is 18.4 Å². The van der Waals surface area contributed by atoms with Crippen LogP contribution >= 0.6 is 0 Å². The van der Waals surface area contributed by atoms with Crippen molar-refractivity contribution in [3.05, 3.63) is 24.0 Å². The van der Waals surface area contributed by atoms with Gasteiger partial charge < -0.3 is 11.1 Å². The first-order valence-electron chi connectivity index (χ1n) is 5.82. The van der Waals surface area contributed by atoms with Gasteiger partial charge in [-0.1, -0.05) is 6.92 Å². The summed E-state index contributed by atoms with van der Waals surface area (Å²) >= 11 is 0. The molecule has 0 fully saturated rings. The van der Waals surface area contributed by atoms with E-state index in [9.17, 15) is 13.2 Å². The van der Waals surface area contributed by atoms with Gasteiger partial charge in [0, 0.05) is 26.3 Å². The summed E-state index contributed by atoms with van der Waals surface area (Å²) in [5.74, 6) is -0.372. The van der Waals surface area contributed by atoms with Gasteiger partial charge >= 0.3 is 0 Å². The molecule has 0 unspecified atom stereocenters. The fourth-order valence-electron chi connectivity index (χ4n) is 1.56. The SMILES string of the molecule is CCN(CC(=O)NC)S(=O)(=O)c1cccnc1CN. The number of hydrogen-bond donors (Lipinski definition) is 2. The fraction of sp³-hybridized carbons (Fsp3) is 0.455. The van der Waals surface area contributed by atoms with Gasteiger partial charge in [0.05, 0.1) is 12.2 Å². The number of amides is 1. The Morgan fingerprint density at radius 3 is 2.74 bits per heavy atom. The molecule has 0 saturated carbocycles. The molecule has 1 aromatic heterocycles. The Hall–Kier alpha value is -1.51. The van der Waals surface area contributed by atoms with E-state index in [1.165, 1.54) is 25.4 Å². The number of pyridine rings is 1. The standard InChI is InChI=1S/C11H18N4O3S/c1-3-15(8-11(16)13-2)19(17,18)10-5-4-6-14-9(10)7-12/h4-6H,3,7-8,12H2,1-2H3,(H,13,16). The molecule has 1 rings (SSSR count). The Morgan fingerprint density at radius 2 is 2.21 bits per heavy atom. The summed E-state index contributed by atoms with van der Waals surface area (Å²) in [6.45, 7) is 1.65. The third-order valence-electron chi connectivity index (χ3n) is 2.61. The second-order valence-electron chi connectivity index (χ2n) is 3.76. The fourth-order valence-corrected chi connectivity index (χ4v) is 3.15. The Labute approximate surface area is 112 Å². The number of nitrogens with zero attached hydrogens (tertiary/aromatic N) is 2. The number of hydrogen-bond acceptors (Lipinski definition) is 5. The molecule has 0 aliphatic rings. The molecule has 0 spiro atoms. The summed E-state index contributed by atoms with van der Waals surface area (Å²) < 4.78 is 26.0. The van der Waals surface area contributed by atoms with Crippen LogP contribution in [0.4, 0.5) is 0 Å². The normalized spacial score (nSPS) is 11.6. The zero-order chi connectivity index (χ0) is 14.5. The van der Waals surface area contributed by atoms with E-state index >= 15 is 0 Å². The molecule has 19 heavy (non-hydrogen) atoms. The van der Waals surface area contributed by atoms with Gasteiger partial charge in [-0.2, -0.15) is 4.31 Å². The first-order valence-corrected chi connectivity index (χ1v) is 7.26. The average molecular weight is 286 g/mol. The maximum Gasteiger partial charge on any atom is 0.245 e. The van der Waals surface area contributed by atoms with E-state index in [0.29, 0.717) is 0 Å². The quantitative estimate of drug-likeness (QED) is 0.719. The number of carbonyl (C=O) groups excluding carboxylic acids is 1. The topological polar surface area (TPSA) is 105 Å². The minimum Gasteiger partial charge on any atom is -0.358 e. The van der Waals surface area contributed by atoms with E-state index in [1.54, 1.807) is 6.92 Å². The van der Waals surface area contributed by atoms with Crippen LogP contribution in [0.15, 0.2) is 23.2 Å². The summed E-state index contributed by atoms with van der Waals surface area (Å²) in [4.78, 5) is 15.3. The van der Waals surface area contributed by atoms with Gasteiger partial charge in [0.25, 0.3) is 0 Å². The van der Waals surface area contributed by atoms with E-state index in [4.69, 9.17) is 5.73 Å². The summed E-state index contributed by atoms with van der Waals surface area (Å²) in [7, 11) is -2.31. The van der Waals surface area contributed by atoms with Crippen molar-refractivity contribution >= 4 is 15.9 Å². The molecule has 8 heteroatoms. The van der Waals surface area contributed by atoms with Gasteiger partial charge in [-0.25, -0.2) is 8.42 Å². The zero-order valence-corrected chi connectivity index (χ0v) is 11.8. The highest BCUT2D eigenvalue weighted by atomic mass is 32.2. The molecule has 1 aromatic rings. The molecule has 1 heterocycles. The molecular weight excluding hydrogens is 268 g/mol. The Balaban J connectivity index is 3.17. The molecule has 106 valence electrons. The predicted molar refractivity (Wildman–Crippen MR) is 70.6 cm³/mol. The second kappa shape index (κ2) is 6.60. The van der Waals surface area contributed by atoms with Gasteiger partial charge in [0.2, 0.25) is 15.9 Å². The molecule has 7 nitrogen and oxygen atoms in total. The van der Waals surface area contributed by atoms with Crippen LogP contribution in [0.1, 0.15) is 12.6 Å². The van der Waals surface area contributed by atoms with E-state index < -0.39 is 10.0 Å². The van der Waals surface area contributed by atoms with Crippen molar-refractivity contribution < 1.29 is 13.2 Å². The molecule has 3 N–H and O–H groups in total. The lowest BCUT2D eigenvalue weighted by molar-refractivity contribution is -0.120. The van der Waals surface area contributed by atoms with Gasteiger partial charge in [0.15, 0.2) is 0 Å². The van der Waals surface area contributed by atoms with Crippen LogP contribution in [-0.2, 0) is 21.4 Å². The molecular formula is C11H18N4O3S. The van der Waals surface area contributed by atoms with Gasteiger partial charge in [0.1, 0.15) is 4.90 Å². The van der Waals surface area contributed by atoms with Crippen LogP contribution < -0.4 is 11.1 Å². The van der Waals surface area contributed by atoms with Gasteiger partial charge in [-0.3, -0.25) is 9.78 Å². The molecule has 0 aliphatic heterocycles. The summed E-state index contributed by atoms with van der Waals surface area (Å²) in [6.07, 6.45) is 1.48. The van der Waals surface area contributed by atoms with Crippen LogP contribution in [0.2, 0.25) is 0 Å². The van der Waals surface area contributed by atoms with E-state index in [1.807, 2.05) is 0 Å². The van der Waals surface area contributed by atoms with Gasteiger partial charge in [-0.05, 0) is 12.1 Å². The lowest BCUT2D eigenvalue weighted by Crippen LogP contribution is -2.39. The molecule has 0 bridgehead atoms. The number of aromatic nitrogens is 1. The van der Waals surface area contributed by atoms with E-state index in [2.05, 4.69) is 10.3 Å². The lowest BCUT2D eigenvalue weighted by atomic mass is 10.3.